The van der Waals surface area contributed by atoms with Gasteiger partial charge in [-0.3, -0.25) is 0 Å². The van der Waals surface area contributed by atoms with Crippen LogP contribution in [0.3, 0.4) is 0 Å². The monoisotopic (exact) mass is 185 g/mol. The minimum Gasteiger partial charge on any atom is -0.303 e. The summed E-state index contributed by atoms with van der Waals surface area (Å²) in [4.78, 5) is 2.43. The molecule has 0 heterocycles. The molecule has 0 aromatic carbocycles. The molecule has 12 heavy (non-hydrogen) atoms. The second kappa shape index (κ2) is 8.96. The molecule has 0 radical (unpaired) electrons. The van der Waals surface area contributed by atoms with Crippen molar-refractivity contribution in [1.29, 1.82) is 0 Å². The summed E-state index contributed by atoms with van der Waals surface area (Å²) in [5, 5.41) is 0. The molecule has 0 aliphatic rings. The Bertz CT molecular complexity index is 124. The second-order valence-corrected chi connectivity index (χ2v) is 3.82. The Hall–Kier alpha value is -0.130. The highest BCUT2D eigenvalue weighted by Crippen LogP contribution is 2.02. The highest BCUT2D eigenvalue weighted by atomic mass is 32.2. The summed E-state index contributed by atoms with van der Waals surface area (Å²) in [6.45, 7) is 7.92. The quantitative estimate of drug-likeness (QED) is 0.441. The van der Waals surface area contributed by atoms with Gasteiger partial charge in [0.2, 0.25) is 0 Å². The molecule has 0 bridgehead atoms. The van der Waals surface area contributed by atoms with Gasteiger partial charge in [-0.05, 0) is 13.1 Å². The first kappa shape index (κ1) is 11.9. The van der Waals surface area contributed by atoms with E-state index in [1.807, 2.05) is 11.8 Å². The Morgan fingerprint density at radius 1 is 1.25 bits per heavy atom. The van der Waals surface area contributed by atoms with E-state index in [0.717, 1.165) is 25.3 Å². The van der Waals surface area contributed by atoms with E-state index in [0.29, 0.717) is 0 Å². The normalized spacial score (nSPS) is 10.2. The van der Waals surface area contributed by atoms with Gasteiger partial charge < -0.3 is 4.90 Å². The van der Waals surface area contributed by atoms with Crippen molar-refractivity contribution in [2.75, 3.05) is 31.1 Å². The summed E-state index contributed by atoms with van der Waals surface area (Å²) in [6, 6.07) is 0. The van der Waals surface area contributed by atoms with Gasteiger partial charge in [0.05, 0.1) is 0 Å². The fourth-order valence-corrected chi connectivity index (χ4v) is 1.82. The Kier molecular flexibility index (Phi) is 8.86. The van der Waals surface area contributed by atoms with Crippen LogP contribution in [0.15, 0.2) is 0 Å². The van der Waals surface area contributed by atoms with Gasteiger partial charge in [-0.1, -0.05) is 13.8 Å². The van der Waals surface area contributed by atoms with Gasteiger partial charge in [-0.25, -0.2) is 0 Å². The third-order valence-electron chi connectivity index (χ3n) is 1.84. The average molecular weight is 185 g/mol. The van der Waals surface area contributed by atoms with Gasteiger partial charge in [-0.2, -0.15) is 11.8 Å². The predicted octanol–water partition coefficient (Wildman–Crippen LogP) is 2.08. The molecule has 0 saturated carbocycles. The standard InChI is InChI=1S/C10H19NS/c1-4-7-9-12-10-8-11(5-2)6-3/h1H,5-10H2,2-3H3. The highest BCUT2D eigenvalue weighted by Gasteiger charge is 1.97. The van der Waals surface area contributed by atoms with Crippen LogP contribution >= 0.6 is 11.8 Å². The Morgan fingerprint density at radius 2 is 1.92 bits per heavy atom. The topological polar surface area (TPSA) is 3.24 Å². The number of hydrogen-bond donors (Lipinski definition) is 0. The lowest BCUT2D eigenvalue weighted by Gasteiger charge is -2.16. The van der Waals surface area contributed by atoms with Gasteiger partial charge >= 0.3 is 0 Å². The predicted molar refractivity (Wildman–Crippen MR) is 58.6 cm³/mol. The molecule has 0 aliphatic heterocycles. The van der Waals surface area contributed by atoms with Gasteiger partial charge in [0.25, 0.3) is 0 Å². The fraction of sp³-hybridized carbons (Fsp3) is 0.800. The molecule has 0 aromatic rings. The van der Waals surface area contributed by atoms with E-state index in [4.69, 9.17) is 6.42 Å². The van der Waals surface area contributed by atoms with Crippen molar-refractivity contribution >= 4 is 11.8 Å². The van der Waals surface area contributed by atoms with Crippen LogP contribution in [0.2, 0.25) is 0 Å². The van der Waals surface area contributed by atoms with E-state index >= 15 is 0 Å². The SMILES string of the molecule is C#CCCSCCN(CC)CC. The molecule has 0 spiro atoms. The largest absolute Gasteiger partial charge is 0.303 e. The maximum atomic E-state index is 5.15. The summed E-state index contributed by atoms with van der Waals surface area (Å²) in [5.74, 6) is 4.97. The Morgan fingerprint density at radius 3 is 2.42 bits per heavy atom. The van der Waals surface area contributed by atoms with Crippen molar-refractivity contribution < 1.29 is 0 Å². The molecule has 70 valence electrons. The maximum Gasteiger partial charge on any atom is 0.0177 e. The lowest BCUT2D eigenvalue weighted by molar-refractivity contribution is 0.324. The molecule has 0 saturated heterocycles. The zero-order valence-corrected chi connectivity index (χ0v) is 8.99. The van der Waals surface area contributed by atoms with E-state index < -0.39 is 0 Å². The summed E-state index contributed by atoms with van der Waals surface area (Å²) in [5.41, 5.74) is 0. The average Bonchev–Trinajstić information content (AvgIpc) is 2.11. The second-order valence-electron chi connectivity index (χ2n) is 2.59. The fourth-order valence-electron chi connectivity index (χ4n) is 0.967. The van der Waals surface area contributed by atoms with Crippen LogP contribution in [-0.2, 0) is 0 Å². The summed E-state index contributed by atoms with van der Waals surface area (Å²) in [7, 11) is 0. The van der Waals surface area contributed by atoms with Crippen LogP contribution < -0.4 is 0 Å². The van der Waals surface area contributed by atoms with Crippen LogP contribution in [0.25, 0.3) is 0 Å². The van der Waals surface area contributed by atoms with Crippen LogP contribution in [0, 0.1) is 12.3 Å². The molecule has 2 heteroatoms. The van der Waals surface area contributed by atoms with Gasteiger partial charge in [0.1, 0.15) is 0 Å². The van der Waals surface area contributed by atoms with Crippen molar-refractivity contribution in [2.24, 2.45) is 0 Å². The van der Waals surface area contributed by atoms with E-state index in [9.17, 15) is 0 Å². The zero-order chi connectivity index (χ0) is 9.23. The minimum absolute atomic E-state index is 0.906. The van der Waals surface area contributed by atoms with E-state index in [1.165, 1.54) is 12.3 Å². The van der Waals surface area contributed by atoms with Crippen LogP contribution in [0.1, 0.15) is 20.3 Å². The maximum absolute atomic E-state index is 5.15. The zero-order valence-electron chi connectivity index (χ0n) is 8.18. The summed E-state index contributed by atoms with van der Waals surface area (Å²) < 4.78 is 0. The molecule has 0 amide bonds. The lowest BCUT2D eigenvalue weighted by Crippen LogP contribution is -2.25. The van der Waals surface area contributed by atoms with E-state index in [-0.39, 0.29) is 0 Å². The molecule has 0 rings (SSSR count). The number of thioether (sulfide) groups is 1. The summed E-state index contributed by atoms with van der Waals surface area (Å²) >= 11 is 1.95. The third kappa shape index (κ3) is 6.57. The first-order valence-electron chi connectivity index (χ1n) is 4.58. The van der Waals surface area contributed by atoms with Gasteiger partial charge in [0, 0.05) is 24.5 Å². The van der Waals surface area contributed by atoms with Crippen molar-refractivity contribution in [3.8, 4) is 12.3 Å². The van der Waals surface area contributed by atoms with Crippen molar-refractivity contribution in [1.82, 2.24) is 4.90 Å². The van der Waals surface area contributed by atoms with Gasteiger partial charge in [-0.15, -0.1) is 12.3 Å². The number of nitrogens with zero attached hydrogens (tertiary/aromatic N) is 1. The van der Waals surface area contributed by atoms with Crippen LogP contribution in [-0.4, -0.2) is 36.0 Å². The molecule has 0 fully saturated rings. The number of terminal acetylenes is 1. The number of rotatable bonds is 7. The Balaban J connectivity index is 3.13. The van der Waals surface area contributed by atoms with Crippen molar-refractivity contribution in [3.05, 3.63) is 0 Å². The minimum atomic E-state index is 0.906. The smallest absolute Gasteiger partial charge is 0.0177 e. The molecular formula is C10H19NS. The van der Waals surface area contributed by atoms with E-state index in [2.05, 4.69) is 24.7 Å². The molecule has 0 unspecified atom stereocenters. The molecule has 0 aliphatic carbocycles. The molecule has 1 nitrogen and oxygen atoms in total. The molecule has 0 aromatic heterocycles. The highest BCUT2D eigenvalue weighted by molar-refractivity contribution is 7.99. The van der Waals surface area contributed by atoms with Crippen molar-refractivity contribution in [3.63, 3.8) is 0 Å². The Labute approximate surface area is 80.9 Å². The van der Waals surface area contributed by atoms with Crippen molar-refractivity contribution in [2.45, 2.75) is 20.3 Å². The first-order chi connectivity index (χ1) is 5.85. The molecule has 0 atom stereocenters. The molecule has 0 N–H and O–H groups in total. The first-order valence-corrected chi connectivity index (χ1v) is 5.74. The third-order valence-corrected chi connectivity index (χ3v) is 2.80. The lowest BCUT2D eigenvalue weighted by atomic mass is 10.5. The van der Waals surface area contributed by atoms with Gasteiger partial charge in [0.15, 0.2) is 0 Å². The van der Waals surface area contributed by atoms with Crippen LogP contribution in [0.5, 0.6) is 0 Å². The molecular weight excluding hydrogens is 166 g/mol. The number of hydrogen-bond acceptors (Lipinski definition) is 2. The summed E-state index contributed by atoms with van der Waals surface area (Å²) in [6.07, 6.45) is 6.05. The van der Waals surface area contributed by atoms with Crippen LogP contribution in [0.4, 0.5) is 0 Å². The van der Waals surface area contributed by atoms with E-state index in [1.54, 1.807) is 0 Å².